The molecule has 5 nitrogen and oxygen atoms in total. The molecular formula is C12H14ClNO4. The topological polar surface area (TPSA) is 75.6 Å². The van der Waals surface area contributed by atoms with Crippen LogP contribution in [0.3, 0.4) is 0 Å². The van der Waals surface area contributed by atoms with Crippen LogP contribution in [0.5, 0.6) is 5.75 Å². The van der Waals surface area contributed by atoms with Gasteiger partial charge in [0.25, 0.3) is 5.91 Å². The number of phenols is 1. The minimum atomic E-state index is -0.934. The summed E-state index contributed by atoms with van der Waals surface area (Å²) in [4.78, 5) is 23.1. The molecule has 0 radical (unpaired) electrons. The molecule has 1 aromatic rings. The Kier molecular flexibility index (Phi) is 4.97. The average molecular weight is 272 g/mol. The summed E-state index contributed by atoms with van der Waals surface area (Å²) in [5, 5.41) is 12.3. The number of amides is 1. The number of nitrogens with one attached hydrogen (secondary N) is 1. The van der Waals surface area contributed by atoms with E-state index in [0.29, 0.717) is 11.6 Å². The van der Waals surface area contributed by atoms with E-state index in [2.05, 4.69) is 5.32 Å². The molecule has 0 saturated heterocycles. The molecule has 0 spiro atoms. The number of hydrogen-bond donors (Lipinski definition) is 2. The first-order valence-corrected chi connectivity index (χ1v) is 5.80. The smallest absolute Gasteiger partial charge is 0.342 e. The summed E-state index contributed by atoms with van der Waals surface area (Å²) in [7, 11) is 0. The van der Waals surface area contributed by atoms with Crippen LogP contribution in [-0.4, -0.2) is 29.6 Å². The molecule has 0 bridgehead atoms. The van der Waals surface area contributed by atoms with Gasteiger partial charge in [-0.15, -0.1) is 0 Å². The predicted octanol–water partition coefficient (Wildman–Crippen LogP) is 1.73. The molecule has 0 saturated carbocycles. The number of hydrogen-bond acceptors (Lipinski definition) is 4. The van der Waals surface area contributed by atoms with Crippen molar-refractivity contribution in [3.8, 4) is 5.75 Å². The van der Waals surface area contributed by atoms with Crippen molar-refractivity contribution >= 4 is 23.5 Å². The minimum absolute atomic E-state index is 0.0707. The molecule has 2 N–H and O–H groups in total. The van der Waals surface area contributed by atoms with Gasteiger partial charge in [-0.05, 0) is 32.0 Å². The summed E-state index contributed by atoms with van der Waals surface area (Å²) in [6.07, 6.45) is -0.934. The number of benzene rings is 1. The number of halogens is 1. The Morgan fingerprint density at radius 3 is 2.78 bits per heavy atom. The molecular weight excluding hydrogens is 258 g/mol. The Balaban J connectivity index is 2.76. The van der Waals surface area contributed by atoms with Gasteiger partial charge in [-0.25, -0.2) is 4.79 Å². The van der Waals surface area contributed by atoms with Crippen LogP contribution in [0, 0.1) is 0 Å². The maximum atomic E-state index is 11.7. The van der Waals surface area contributed by atoms with Gasteiger partial charge >= 0.3 is 5.97 Å². The van der Waals surface area contributed by atoms with Gasteiger partial charge < -0.3 is 15.2 Å². The highest BCUT2D eigenvalue weighted by Gasteiger charge is 2.20. The molecule has 0 unspecified atom stereocenters. The Morgan fingerprint density at radius 1 is 1.50 bits per heavy atom. The van der Waals surface area contributed by atoms with Crippen molar-refractivity contribution in [2.45, 2.75) is 20.0 Å². The molecule has 98 valence electrons. The largest absolute Gasteiger partial charge is 0.507 e. The zero-order chi connectivity index (χ0) is 13.7. The van der Waals surface area contributed by atoms with Gasteiger partial charge in [0, 0.05) is 11.6 Å². The molecule has 0 fully saturated rings. The number of likely N-dealkylation sites (N-methyl/N-ethyl adjacent to an activating group) is 1. The first kappa shape index (κ1) is 14.3. The van der Waals surface area contributed by atoms with Crippen LogP contribution in [0.4, 0.5) is 0 Å². The summed E-state index contributed by atoms with van der Waals surface area (Å²) in [6, 6.07) is 4.01. The molecule has 1 rings (SSSR count). The van der Waals surface area contributed by atoms with E-state index < -0.39 is 18.0 Å². The molecule has 0 aliphatic heterocycles. The molecule has 0 aromatic heterocycles. The standard InChI is InChI=1S/C12H14ClNO4/c1-3-14-11(16)7(2)18-12(17)9-6-8(13)4-5-10(9)15/h4-7,15H,3H2,1-2H3,(H,14,16)/t7-/m0/s1. The van der Waals surface area contributed by atoms with Gasteiger partial charge in [0.2, 0.25) is 0 Å². The van der Waals surface area contributed by atoms with Crippen molar-refractivity contribution in [2.75, 3.05) is 6.54 Å². The van der Waals surface area contributed by atoms with Gasteiger partial charge in [0.05, 0.1) is 0 Å². The number of ether oxygens (including phenoxy) is 1. The second kappa shape index (κ2) is 6.26. The van der Waals surface area contributed by atoms with Gasteiger partial charge in [-0.3, -0.25) is 4.79 Å². The van der Waals surface area contributed by atoms with E-state index in [-0.39, 0.29) is 11.3 Å². The lowest BCUT2D eigenvalue weighted by atomic mass is 10.2. The average Bonchev–Trinajstić information content (AvgIpc) is 2.32. The van der Waals surface area contributed by atoms with E-state index in [1.54, 1.807) is 6.92 Å². The molecule has 1 aromatic carbocycles. The van der Waals surface area contributed by atoms with E-state index >= 15 is 0 Å². The van der Waals surface area contributed by atoms with Crippen LogP contribution >= 0.6 is 11.6 Å². The second-order valence-corrected chi connectivity index (χ2v) is 4.04. The maximum Gasteiger partial charge on any atom is 0.342 e. The number of carbonyl (C=O) groups excluding carboxylic acids is 2. The zero-order valence-electron chi connectivity index (χ0n) is 10.1. The van der Waals surface area contributed by atoms with E-state index in [0.717, 1.165) is 0 Å². The van der Waals surface area contributed by atoms with Crippen molar-refractivity contribution in [3.63, 3.8) is 0 Å². The Labute approximate surface area is 110 Å². The highest BCUT2D eigenvalue weighted by atomic mass is 35.5. The summed E-state index contributed by atoms with van der Waals surface area (Å²) >= 11 is 5.71. The lowest BCUT2D eigenvalue weighted by Gasteiger charge is -2.13. The van der Waals surface area contributed by atoms with E-state index in [9.17, 15) is 14.7 Å². The molecule has 0 aliphatic rings. The third kappa shape index (κ3) is 3.63. The van der Waals surface area contributed by atoms with E-state index in [4.69, 9.17) is 16.3 Å². The first-order valence-electron chi connectivity index (χ1n) is 5.43. The molecule has 0 heterocycles. The van der Waals surface area contributed by atoms with Crippen LogP contribution < -0.4 is 5.32 Å². The summed E-state index contributed by atoms with van der Waals surface area (Å²) < 4.78 is 4.92. The SMILES string of the molecule is CCNC(=O)[C@H](C)OC(=O)c1cc(Cl)ccc1O. The van der Waals surface area contributed by atoms with Crippen LogP contribution in [0.15, 0.2) is 18.2 Å². The summed E-state index contributed by atoms with van der Waals surface area (Å²) in [5.41, 5.74) is -0.0707. The normalized spacial score (nSPS) is 11.7. The number of esters is 1. The summed E-state index contributed by atoms with van der Waals surface area (Å²) in [6.45, 7) is 3.66. The monoisotopic (exact) mass is 271 g/mol. The van der Waals surface area contributed by atoms with Crippen molar-refractivity contribution in [3.05, 3.63) is 28.8 Å². The fraction of sp³-hybridized carbons (Fsp3) is 0.333. The third-order valence-electron chi connectivity index (χ3n) is 2.18. The fourth-order valence-corrected chi connectivity index (χ4v) is 1.44. The van der Waals surface area contributed by atoms with E-state index in [1.165, 1.54) is 25.1 Å². The van der Waals surface area contributed by atoms with Crippen LogP contribution in [0.25, 0.3) is 0 Å². The van der Waals surface area contributed by atoms with Gasteiger partial charge in [0.15, 0.2) is 6.10 Å². The quantitative estimate of drug-likeness (QED) is 0.818. The lowest BCUT2D eigenvalue weighted by Crippen LogP contribution is -2.35. The van der Waals surface area contributed by atoms with Crippen molar-refractivity contribution in [1.82, 2.24) is 5.32 Å². The Bertz CT molecular complexity index is 461. The fourth-order valence-electron chi connectivity index (χ4n) is 1.27. The van der Waals surface area contributed by atoms with Gasteiger partial charge in [-0.1, -0.05) is 11.6 Å². The maximum absolute atomic E-state index is 11.7. The Hall–Kier alpha value is -1.75. The highest BCUT2D eigenvalue weighted by molar-refractivity contribution is 6.31. The van der Waals surface area contributed by atoms with Crippen molar-refractivity contribution < 1.29 is 19.4 Å². The molecule has 18 heavy (non-hydrogen) atoms. The first-order chi connectivity index (χ1) is 8.45. The third-order valence-corrected chi connectivity index (χ3v) is 2.42. The number of aromatic hydroxyl groups is 1. The van der Waals surface area contributed by atoms with Crippen LogP contribution in [0.1, 0.15) is 24.2 Å². The highest BCUT2D eigenvalue weighted by Crippen LogP contribution is 2.22. The lowest BCUT2D eigenvalue weighted by molar-refractivity contribution is -0.128. The number of phenolic OH excluding ortho intramolecular Hbond substituents is 1. The molecule has 6 heteroatoms. The zero-order valence-corrected chi connectivity index (χ0v) is 10.8. The van der Waals surface area contributed by atoms with Crippen LogP contribution in [-0.2, 0) is 9.53 Å². The number of carbonyl (C=O) groups is 2. The molecule has 1 amide bonds. The Morgan fingerprint density at radius 2 is 2.17 bits per heavy atom. The molecule has 0 aliphatic carbocycles. The van der Waals surface area contributed by atoms with E-state index in [1.807, 2.05) is 0 Å². The van der Waals surface area contributed by atoms with Crippen molar-refractivity contribution in [1.29, 1.82) is 0 Å². The van der Waals surface area contributed by atoms with Gasteiger partial charge in [-0.2, -0.15) is 0 Å². The minimum Gasteiger partial charge on any atom is -0.507 e. The van der Waals surface area contributed by atoms with Gasteiger partial charge in [0.1, 0.15) is 11.3 Å². The summed E-state index contributed by atoms with van der Waals surface area (Å²) in [5.74, 6) is -1.44. The predicted molar refractivity (Wildman–Crippen MR) is 66.7 cm³/mol. The van der Waals surface area contributed by atoms with Crippen LogP contribution in [0.2, 0.25) is 5.02 Å². The second-order valence-electron chi connectivity index (χ2n) is 3.60. The number of rotatable bonds is 4. The molecule has 1 atom stereocenters. The van der Waals surface area contributed by atoms with Crippen molar-refractivity contribution in [2.24, 2.45) is 0 Å².